The summed E-state index contributed by atoms with van der Waals surface area (Å²) >= 11 is 5.86. The van der Waals surface area contributed by atoms with Gasteiger partial charge in [-0.25, -0.2) is 4.39 Å². The number of rotatable bonds is 4. The van der Waals surface area contributed by atoms with Gasteiger partial charge in [-0.15, -0.1) is 0 Å². The van der Waals surface area contributed by atoms with Crippen LogP contribution in [0.1, 0.15) is 15.9 Å². The lowest BCUT2D eigenvalue weighted by Crippen LogP contribution is -2.12. The van der Waals surface area contributed by atoms with Gasteiger partial charge in [-0.1, -0.05) is 23.7 Å². The number of halogens is 2. The number of anilines is 1. The molecule has 0 saturated heterocycles. The average Bonchev–Trinajstić information content (AvgIpc) is 2.43. The molecule has 0 heterocycles. The predicted molar refractivity (Wildman–Crippen MR) is 78.6 cm³/mol. The normalized spacial score (nSPS) is 10.3. The predicted octanol–water partition coefficient (Wildman–Crippen LogP) is 3.23. The first-order chi connectivity index (χ1) is 9.60. The van der Waals surface area contributed by atoms with Crippen molar-refractivity contribution in [1.29, 1.82) is 0 Å². The average molecular weight is 293 g/mol. The molecule has 0 aliphatic carbocycles. The van der Waals surface area contributed by atoms with Gasteiger partial charge < -0.3 is 11.1 Å². The van der Waals surface area contributed by atoms with Crippen LogP contribution >= 0.6 is 11.6 Å². The summed E-state index contributed by atoms with van der Waals surface area (Å²) in [6, 6.07) is 11.0. The largest absolute Gasteiger partial charge is 0.330 e. The Morgan fingerprint density at radius 2 is 1.90 bits per heavy atom. The van der Waals surface area contributed by atoms with E-state index in [4.69, 9.17) is 17.3 Å². The number of nitrogens with one attached hydrogen (secondary N) is 1. The van der Waals surface area contributed by atoms with Crippen LogP contribution in [0.4, 0.5) is 10.1 Å². The highest BCUT2D eigenvalue weighted by Crippen LogP contribution is 2.23. The quantitative estimate of drug-likeness (QED) is 0.909. The van der Waals surface area contributed by atoms with E-state index in [9.17, 15) is 9.18 Å². The Morgan fingerprint density at radius 1 is 1.20 bits per heavy atom. The molecule has 5 heteroatoms. The zero-order valence-electron chi connectivity index (χ0n) is 10.7. The molecule has 3 nitrogen and oxygen atoms in total. The van der Waals surface area contributed by atoms with Gasteiger partial charge in [-0.2, -0.15) is 0 Å². The molecule has 0 unspecified atom stereocenters. The van der Waals surface area contributed by atoms with E-state index < -0.39 is 5.82 Å². The van der Waals surface area contributed by atoms with Gasteiger partial charge in [0.2, 0.25) is 0 Å². The molecule has 1 amide bonds. The van der Waals surface area contributed by atoms with Crippen molar-refractivity contribution in [2.24, 2.45) is 5.73 Å². The molecule has 0 aliphatic rings. The van der Waals surface area contributed by atoms with Crippen molar-refractivity contribution in [3.8, 4) is 0 Å². The van der Waals surface area contributed by atoms with Gasteiger partial charge in [0.1, 0.15) is 5.82 Å². The molecule has 0 fully saturated rings. The fourth-order valence-electron chi connectivity index (χ4n) is 1.77. The number of nitrogens with two attached hydrogens (primary N) is 1. The molecule has 20 heavy (non-hydrogen) atoms. The van der Waals surface area contributed by atoms with E-state index in [0.29, 0.717) is 17.8 Å². The van der Waals surface area contributed by atoms with E-state index in [1.807, 2.05) is 12.1 Å². The molecule has 0 atom stereocenters. The van der Waals surface area contributed by atoms with Gasteiger partial charge in [-0.3, -0.25) is 4.79 Å². The molecular weight excluding hydrogens is 279 g/mol. The van der Waals surface area contributed by atoms with Gasteiger partial charge in [0.15, 0.2) is 0 Å². The monoisotopic (exact) mass is 292 g/mol. The Hall–Kier alpha value is -1.91. The highest BCUT2D eigenvalue weighted by molar-refractivity contribution is 6.33. The van der Waals surface area contributed by atoms with Crippen molar-refractivity contribution in [3.63, 3.8) is 0 Å². The first kappa shape index (κ1) is 14.5. The van der Waals surface area contributed by atoms with Crippen molar-refractivity contribution < 1.29 is 9.18 Å². The molecule has 104 valence electrons. The SMILES string of the molecule is NCCc1ccc(C(=O)Nc2ccc(F)cc2Cl)cc1. The Balaban J connectivity index is 2.11. The maximum Gasteiger partial charge on any atom is 0.255 e. The van der Waals surface area contributed by atoms with Crippen molar-refractivity contribution >= 4 is 23.2 Å². The van der Waals surface area contributed by atoms with E-state index >= 15 is 0 Å². The third kappa shape index (κ3) is 3.56. The topological polar surface area (TPSA) is 55.1 Å². The lowest BCUT2D eigenvalue weighted by molar-refractivity contribution is 0.102. The van der Waals surface area contributed by atoms with Gasteiger partial charge in [-0.05, 0) is 48.9 Å². The van der Waals surface area contributed by atoms with Crippen LogP contribution in [0.3, 0.4) is 0 Å². The van der Waals surface area contributed by atoms with Crippen LogP contribution in [0.2, 0.25) is 5.02 Å². The molecule has 2 rings (SSSR count). The van der Waals surface area contributed by atoms with Crippen molar-refractivity contribution in [2.75, 3.05) is 11.9 Å². The number of amides is 1. The van der Waals surface area contributed by atoms with Crippen LogP contribution in [0.25, 0.3) is 0 Å². The summed E-state index contributed by atoms with van der Waals surface area (Å²) in [4.78, 5) is 12.0. The van der Waals surface area contributed by atoms with E-state index in [1.165, 1.54) is 12.1 Å². The first-order valence-electron chi connectivity index (χ1n) is 6.15. The van der Waals surface area contributed by atoms with Gasteiger partial charge >= 0.3 is 0 Å². The molecule has 0 bridgehead atoms. The summed E-state index contributed by atoms with van der Waals surface area (Å²) < 4.78 is 12.9. The molecule has 0 aliphatic heterocycles. The fraction of sp³-hybridized carbons (Fsp3) is 0.133. The van der Waals surface area contributed by atoms with Crippen LogP contribution in [0, 0.1) is 5.82 Å². The summed E-state index contributed by atoms with van der Waals surface area (Å²) in [6.07, 6.45) is 0.770. The first-order valence-corrected chi connectivity index (χ1v) is 6.53. The lowest BCUT2D eigenvalue weighted by Gasteiger charge is -2.08. The Labute approximate surface area is 121 Å². The smallest absolute Gasteiger partial charge is 0.255 e. The summed E-state index contributed by atoms with van der Waals surface area (Å²) in [5.41, 5.74) is 7.42. The van der Waals surface area contributed by atoms with E-state index in [1.54, 1.807) is 12.1 Å². The van der Waals surface area contributed by atoms with Gasteiger partial charge in [0.25, 0.3) is 5.91 Å². The van der Waals surface area contributed by atoms with Crippen LogP contribution in [0.15, 0.2) is 42.5 Å². The second-order valence-corrected chi connectivity index (χ2v) is 4.72. The van der Waals surface area contributed by atoms with Gasteiger partial charge in [0.05, 0.1) is 10.7 Å². The zero-order chi connectivity index (χ0) is 14.5. The van der Waals surface area contributed by atoms with E-state index in [0.717, 1.165) is 18.1 Å². The van der Waals surface area contributed by atoms with Crippen molar-refractivity contribution in [3.05, 3.63) is 64.4 Å². The Bertz CT molecular complexity index is 614. The number of hydrogen-bond acceptors (Lipinski definition) is 2. The molecule has 0 radical (unpaired) electrons. The van der Waals surface area contributed by atoms with Crippen LogP contribution in [0.5, 0.6) is 0 Å². The van der Waals surface area contributed by atoms with E-state index in [2.05, 4.69) is 5.32 Å². The number of hydrogen-bond donors (Lipinski definition) is 2. The number of benzene rings is 2. The minimum absolute atomic E-state index is 0.165. The standard InChI is InChI=1S/C15H14ClFN2O/c16-13-9-12(17)5-6-14(13)19-15(20)11-3-1-10(2-4-11)7-8-18/h1-6,9H,7-8,18H2,(H,19,20). The molecule has 0 saturated carbocycles. The Morgan fingerprint density at radius 3 is 2.50 bits per heavy atom. The maximum atomic E-state index is 12.9. The molecule has 2 aromatic carbocycles. The lowest BCUT2D eigenvalue weighted by atomic mass is 10.1. The van der Waals surface area contributed by atoms with Crippen molar-refractivity contribution in [2.45, 2.75) is 6.42 Å². The molecule has 0 aromatic heterocycles. The van der Waals surface area contributed by atoms with Gasteiger partial charge in [0, 0.05) is 5.56 Å². The summed E-state index contributed by atoms with van der Waals surface area (Å²) in [7, 11) is 0. The van der Waals surface area contributed by atoms with Crippen LogP contribution in [-0.4, -0.2) is 12.5 Å². The number of carbonyl (C=O) groups is 1. The molecule has 3 N–H and O–H groups in total. The Kier molecular flexibility index (Phi) is 4.71. The summed E-state index contributed by atoms with van der Waals surface area (Å²) in [5.74, 6) is -0.739. The zero-order valence-corrected chi connectivity index (χ0v) is 11.5. The van der Waals surface area contributed by atoms with Crippen LogP contribution < -0.4 is 11.1 Å². The molecular formula is C15H14ClFN2O. The highest BCUT2D eigenvalue weighted by atomic mass is 35.5. The second-order valence-electron chi connectivity index (χ2n) is 4.31. The second kappa shape index (κ2) is 6.50. The minimum Gasteiger partial charge on any atom is -0.330 e. The van der Waals surface area contributed by atoms with E-state index in [-0.39, 0.29) is 10.9 Å². The fourth-order valence-corrected chi connectivity index (χ4v) is 1.99. The maximum absolute atomic E-state index is 12.9. The summed E-state index contributed by atoms with van der Waals surface area (Å²) in [6.45, 7) is 0.566. The molecule has 2 aromatic rings. The molecule has 0 spiro atoms. The number of carbonyl (C=O) groups excluding carboxylic acids is 1. The summed E-state index contributed by atoms with van der Waals surface area (Å²) in [5, 5.41) is 2.81. The highest BCUT2D eigenvalue weighted by Gasteiger charge is 2.09. The minimum atomic E-state index is -0.445. The van der Waals surface area contributed by atoms with Crippen molar-refractivity contribution in [1.82, 2.24) is 0 Å². The van der Waals surface area contributed by atoms with Crippen LogP contribution in [-0.2, 0) is 6.42 Å². The third-order valence-electron chi connectivity index (χ3n) is 2.83. The third-order valence-corrected chi connectivity index (χ3v) is 3.14.